The van der Waals surface area contributed by atoms with E-state index in [-0.39, 0.29) is 0 Å². The number of aromatic nitrogens is 4. The third-order valence-corrected chi connectivity index (χ3v) is 3.74. The summed E-state index contributed by atoms with van der Waals surface area (Å²) >= 11 is 5.99. The number of pyridine rings is 1. The number of hydrogen-bond acceptors (Lipinski definition) is 4. The summed E-state index contributed by atoms with van der Waals surface area (Å²) in [6.45, 7) is 0.516. The topological polar surface area (TPSA) is 62.1 Å². The van der Waals surface area contributed by atoms with Crippen molar-refractivity contribution in [2.24, 2.45) is 7.05 Å². The molecular weight excluding hydrogens is 288 g/mol. The maximum atomic E-state index is 9.40. The molecule has 21 heavy (non-hydrogen) atoms. The van der Waals surface area contributed by atoms with Gasteiger partial charge in [0.1, 0.15) is 22.7 Å². The molecule has 0 spiro atoms. The smallest absolute Gasteiger partial charge is 0.169 e. The molecule has 0 bridgehead atoms. The molecule has 6 nitrogen and oxygen atoms in total. The molecule has 3 heterocycles. The van der Waals surface area contributed by atoms with Crippen molar-refractivity contribution in [2.75, 3.05) is 11.9 Å². The predicted molar refractivity (Wildman–Crippen MR) is 80.2 cm³/mol. The summed E-state index contributed by atoms with van der Waals surface area (Å²) < 4.78 is 3.58. The lowest BCUT2D eigenvalue weighted by atomic mass is 10.4. The number of rotatable bonds is 3. The van der Waals surface area contributed by atoms with Crippen LogP contribution in [0.2, 0.25) is 5.15 Å². The van der Waals surface area contributed by atoms with Crippen molar-refractivity contribution >= 4 is 23.1 Å². The standard InChI is InChI=1S/C14H13ClN6/c1-19(9-13-17-8-11(15)20(13)2)14-10(7-16)21-6-4-3-5-12(21)18-14/h3-6,8H,9H2,1-2H3. The van der Waals surface area contributed by atoms with Crippen LogP contribution in [-0.2, 0) is 13.6 Å². The highest BCUT2D eigenvalue weighted by Gasteiger charge is 2.17. The first-order valence-electron chi connectivity index (χ1n) is 6.36. The van der Waals surface area contributed by atoms with Gasteiger partial charge in [-0.25, -0.2) is 9.97 Å². The first-order chi connectivity index (χ1) is 10.1. The Morgan fingerprint density at radius 1 is 1.43 bits per heavy atom. The van der Waals surface area contributed by atoms with Crippen LogP contribution in [0.25, 0.3) is 5.65 Å². The minimum atomic E-state index is 0.508. The number of nitrogens with zero attached hydrogens (tertiary/aromatic N) is 6. The van der Waals surface area contributed by atoms with Gasteiger partial charge in [0.05, 0.1) is 12.7 Å². The molecule has 0 aliphatic rings. The highest BCUT2D eigenvalue weighted by molar-refractivity contribution is 6.29. The average molecular weight is 301 g/mol. The van der Waals surface area contributed by atoms with Gasteiger partial charge in [-0.1, -0.05) is 17.7 Å². The lowest BCUT2D eigenvalue weighted by Crippen LogP contribution is -2.20. The molecule has 0 aromatic carbocycles. The number of anilines is 1. The van der Waals surface area contributed by atoms with E-state index in [1.807, 2.05) is 43.4 Å². The van der Waals surface area contributed by atoms with Gasteiger partial charge in [-0.15, -0.1) is 0 Å². The molecule has 0 atom stereocenters. The Labute approximate surface area is 126 Å². The van der Waals surface area contributed by atoms with Gasteiger partial charge < -0.3 is 9.47 Å². The normalized spacial score (nSPS) is 10.8. The summed E-state index contributed by atoms with van der Waals surface area (Å²) in [5, 5.41) is 9.98. The van der Waals surface area contributed by atoms with E-state index in [9.17, 15) is 5.26 Å². The Bertz CT molecular complexity index is 841. The molecule has 0 radical (unpaired) electrons. The van der Waals surface area contributed by atoms with Crippen molar-refractivity contribution in [3.63, 3.8) is 0 Å². The molecule has 0 aliphatic heterocycles. The Balaban J connectivity index is 2.00. The molecule has 0 saturated heterocycles. The molecule has 106 valence electrons. The van der Waals surface area contributed by atoms with Crippen LogP contribution in [0.1, 0.15) is 11.5 Å². The highest BCUT2D eigenvalue weighted by atomic mass is 35.5. The zero-order valence-corrected chi connectivity index (χ0v) is 12.4. The molecular formula is C14H13ClN6. The van der Waals surface area contributed by atoms with Gasteiger partial charge in [0, 0.05) is 20.3 Å². The van der Waals surface area contributed by atoms with Crippen molar-refractivity contribution in [2.45, 2.75) is 6.54 Å². The van der Waals surface area contributed by atoms with Crippen molar-refractivity contribution in [3.05, 3.63) is 47.3 Å². The largest absolute Gasteiger partial charge is 0.350 e. The number of hydrogen-bond donors (Lipinski definition) is 0. The van der Waals surface area contributed by atoms with Gasteiger partial charge in [0.25, 0.3) is 0 Å². The monoisotopic (exact) mass is 300 g/mol. The van der Waals surface area contributed by atoms with Crippen molar-refractivity contribution in [1.29, 1.82) is 5.26 Å². The van der Waals surface area contributed by atoms with Gasteiger partial charge in [0.2, 0.25) is 0 Å². The van der Waals surface area contributed by atoms with E-state index >= 15 is 0 Å². The van der Waals surface area contributed by atoms with E-state index in [1.54, 1.807) is 15.2 Å². The van der Waals surface area contributed by atoms with Gasteiger partial charge in [-0.05, 0) is 12.1 Å². The lowest BCUT2D eigenvalue weighted by molar-refractivity contribution is 0.757. The van der Waals surface area contributed by atoms with Crippen LogP contribution in [0.5, 0.6) is 0 Å². The maximum absolute atomic E-state index is 9.40. The third kappa shape index (κ3) is 2.22. The van der Waals surface area contributed by atoms with Crippen LogP contribution < -0.4 is 4.90 Å². The number of fused-ring (bicyclic) bond motifs is 1. The van der Waals surface area contributed by atoms with Gasteiger partial charge in [0.15, 0.2) is 11.5 Å². The van der Waals surface area contributed by atoms with Crippen molar-refractivity contribution in [1.82, 2.24) is 18.9 Å². The predicted octanol–water partition coefficient (Wildman–Crippen LogP) is 2.23. The van der Waals surface area contributed by atoms with Crippen LogP contribution in [-0.4, -0.2) is 26.0 Å². The summed E-state index contributed by atoms with van der Waals surface area (Å²) in [5.41, 5.74) is 1.25. The molecule has 0 N–H and O–H groups in total. The quantitative estimate of drug-likeness (QED) is 0.744. The Morgan fingerprint density at radius 2 is 2.24 bits per heavy atom. The molecule has 0 aliphatic carbocycles. The zero-order valence-electron chi connectivity index (χ0n) is 11.7. The minimum Gasteiger partial charge on any atom is -0.350 e. The number of nitriles is 1. The second kappa shape index (κ2) is 5.11. The van der Waals surface area contributed by atoms with Crippen molar-refractivity contribution < 1.29 is 0 Å². The SMILES string of the molecule is CN(Cc1ncc(Cl)n1C)c1nc2ccccn2c1C#N. The van der Waals surface area contributed by atoms with E-state index in [4.69, 9.17) is 11.6 Å². The van der Waals surface area contributed by atoms with Crippen LogP contribution in [0.4, 0.5) is 5.82 Å². The second-order valence-corrected chi connectivity index (χ2v) is 5.12. The molecule has 3 rings (SSSR count). The molecule has 0 amide bonds. The molecule has 0 fully saturated rings. The minimum absolute atomic E-state index is 0.508. The fraction of sp³-hybridized carbons (Fsp3) is 0.214. The molecule has 3 aromatic heterocycles. The van der Waals surface area contributed by atoms with Gasteiger partial charge >= 0.3 is 0 Å². The fourth-order valence-corrected chi connectivity index (χ4v) is 2.36. The first-order valence-corrected chi connectivity index (χ1v) is 6.74. The van der Waals surface area contributed by atoms with Gasteiger partial charge in [-0.2, -0.15) is 5.26 Å². The lowest BCUT2D eigenvalue weighted by Gasteiger charge is -2.16. The van der Waals surface area contributed by atoms with E-state index in [1.165, 1.54) is 0 Å². The zero-order chi connectivity index (χ0) is 15.0. The van der Waals surface area contributed by atoms with Crippen LogP contribution in [0, 0.1) is 11.3 Å². The van der Waals surface area contributed by atoms with Crippen molar-refractivity contribution in [3.8, 4) is 6.07 Å². The number of halogens is 1. The van der Waals surface area contributed by atoms with Gasteiger partial charge in [-0.3, -0.25) is 4.40 Å². The average Bonchev–Trinajstić information content (AvgIpc) is 3.02. The van der Waals surface area contributed by atoms with E-state index in [0.29, 0.717) is 23.2 Å². The fourth-order valence-electron chi connectivity index (χ4n) is 2.21. The summed E-state index contributed by atoms with van der Waals surface area (Å²) in [4.78, 5) is 10.7. The summed E-state index contributed by atoms with van der Waals surface area (Å²) in [7, 11) is 3.73. The Hall–Kier alpha value is -2.52. The van der Waals surface area contributed by atoms with Crippen LogP contribution in [0.15, 0.2) is 30.6 Å². The van der Waals surface area contributed by atoms with Crippen LogP contribution >= 0.6 is 11.6 Å². The second-order valence-electron chi connectivity index (χ2n) is 4.74. The Kier molecular flexibility index (Phi) is 3.28. The number of imidazole rings is 2. The van der Waals surface area contributed by atoms with E-state index < -0.39 is 0 Å². The summed E-state index contributed by atoms with van der Waals surface area (Å²) in [5.74, 6) is 1.44. The molecule has 7 heteroatoms. The van der Waals surface area contributed by atoms with Crippen LogP contribution in [0.3, 0.4) is 0 Å². The molecule has 3 aromatic rings. The maximum Gasteiger partial charge on any atom is 0.169 e. The van der Waals surface area contributed by atoms with E-state index in [0.717, 1.165) is 11.5 Å². The summed E-state index contributed by atoms with van der Waals surface area (Å²) in [6, 6.07) is 7.85. The first kappa shape index (κ1) is 13.5. The summed E-state index contributed by atoms with van der Waals surface area (Å²) in [6.07, 6.45) is 3.44. The third-order valence-electron chi connectivity index (χ3n) is 3.39. The Morgan fingerprint density at radius 3 is 2.90 bits per heavy atom. The molecule has 0 saturated carbocycles. The van der Waals surface area contributed by atoms with E-state index in [2.05, 4.69) is 16.0 Å². The molecule has 0 unspecified atom stereocenters. The highest BCUT2D eigenvalue weighted by Crippen LogP contribution is 2.21.